The van der Waals surface area contributed by atoms with Gasteiger partial charge in [0.25, 0.3) is 0 Å². The third-order valence-corrected chi connectivity index (χ3v) is 6.10. The highest BCUT2D eigenvalue weighted by Crippen LogP contribution is 2.35. The first kappa shape index (κ1) is 17.0. The van der Waals surface area contributed by atoms with Crippen LogP contribution in [0.2, 0.25) is 0 Å². The van der Waals surface area contributed by atoms with Crippen LogP contribution in [0.25, 0.3) is 0 Å². The van der Waals surface area contributed by atoms with Gasteiger partial charge in [0, 0.05) is 38.3 Å². The fraction of sp³-hybridized carbons (Fsp3) is 0.650. The Balaban J connectivity index is 1.30. The van der Waals surface area contributed by atoms with Crippen LogP contribution >= 0.6 is 0 Å². The second-order valence-electron chi connectivity index (χ2n) is 7.72. The molecule has 0 atom stereocenters. The molecule has 2 aliphatic heterocycles. The second kappa shape index (κ2) is 7.44. The molecule has 1 N–H and O–H groups in total. The summed E-state index contributed by atoms with van der Waals surface area (Å²) in [5.74, 6) is 0.160. The Morgan fingerprint density at radius 1 is 1.08 bits per heavy atom. The van der Waals surface area contributed by atoms with Crippen molar-refractivity contribution in [2.45, 2.75) is 44.3 Å². The van der Waals surface area contributed by atoms with E-state index in [1.807, 2.05) is 0 Å². The zero-order valence-corrected chi connectivity index (χ0v) is 15.0. The van der Waals surface area contributed by atoms with Crippen LogP contribution in [0.4, 0.5) is 0 Å². The highest BCUT2D eigenvalue weighted by atomic mass is 16.5. The minimum atomic E-state index is 0.160. The summed E-state index contributed by atoms with van der Waals surface area (Å²) in [6.45, 7) is 6.69. The van der Waals surface area contributed by atoms with E-state index >= 15 is 0 Å². The van der Waals surface area contributed by atoms with E-state index in [-0.39, 0.29) is 11.4 Å². The molecule has 1 aliphatic carbocycles. The van der Waals surface area contributed by atoms with Gasteiger partial charge in [-0.15, -0.1) is 0 Å². The molecule has 5 heteroatoms. The van der Waals surface area contributed by atoms with E-state index in [2.05, 4.69) is 39.4 Å². The molecule has 25 heavy (non-hydrogen) atoms. The number of rotatable bonds is 5. The topological polar surface area (TPSA) is 44.8 Å². The van der Waals surface area contributed by atoms with E-state index < -0.39 is 0 Å². The average molecular weight is 343 g/mol. The van der Waals surface area contributed by atoms with Gasteiger partial charge in [0.1, 0.15) is 0 Å². The molecule has 1 aromatic carbocycles. The number of ether oxygens (including phenoxy) is 1. The minimum Gasteiger partial charge on any atom is -0.379 e. The lowest BCUT2D eigenvalue weighted by Crippen LogP contribution is -2.58. The first-order valence-corrected chi connectivity index (χ1v) is 9.64. The number of carbonyl (C=O) groups is 1. The third-order valence-electron chi connectivity index (χ3n) is 6.10. The quantitative estimate of drug-likeness (QED) is 0.885. The zero-order chi connectivity index (χ0) is 17.1. The molecule has 136 valence electrons. The van der Waals surface area contributed by atoms with Crippen molar-refractivity contribution in [1.82, 2.24) is 15.1 Å². The molecular formula is C20H29N3O2. The fourth-order valence-corrected chi connectivity index (χ4v) is 4.71. The average Bonchev–Trinajstić information content (AvgIpc) is 3.28. The Bertz CT molecular complexity index is 582. The summed E-state index contributed by atoms with van der Waals surface area (Å²) in [7, 11) is 0. The highest BCUT2D eigenvalue weighted by molar-refractivity contribution is 5.78. The maximum Gasteiger partial charge on any atom is 0.234 e. The number of nitrogens with zero attached hydrogens (tertiary/aromatic N) is 2. The summed E-state index contributed by atoms with van der Waals surface area (Å²) in [5.41, 5.74) is 2.87. The minimum absolute atomic E-state index is 0.160. The molecule has 5 nitrogen and oxygen atoms in total. The van der Waals surface area contributed by atoms with Gasteiger partial charge in [-0.05, 0) is 24.0 Å². The van der Waals surface area contributed by atoms with Crippen molar-refractivity contribution in [3.05, 3.63) is 35.4 Å². The van der Waals surface area contributed by atoms with E-state index in [0.29, 0.717) is 6.54 Å². The van der Waals surface area contributed by atoms with E-state index in [4.69, 9.17) is 4.74 Å². The lowest BCUT2D eigenvalue weighted by Gasteiger charge is -2.43. The summed E-state index contributed by atoms with van der Waals surface area (Å²) in [6, 6.07) is 8.49. The Morgan fingerprint density at radius 3 is 2.36 bits per heavy atom. The molecular weight excluding hydrogens is 314 g/mol. The van der Waals surface area contributed by atoms with Gasteiger partial charge in [-0.1, -0.05) is 37.1 Å². The van der Waals surface area contributed by atoms with E-state index in [0.717, 1.165) is 45.9 Å². The highest BCUT2D eigenvalue weighted by Gasteiger charge is 2.40. The fourth-order valence-electron chi connectivity index (χ4n) is 4.71. The van der Waals surface area contributed by atoms with Crippen molar-refractivity contribution in [2.24, 2.45) is 0 Å². The molecule has 2 heterocycles. The van der Waals surface area contributed by atoms with Crippen molar-refractivity contribution in [3.8, 4) is 0 Å². The molecule has 0 spiro atoms. The normalized spacial score (nSPS) is 23.5. The van der Waals surface area contributed by atoms with Crippen LogP contribution in [0.15, 0.2) is 24.3 Å². The number of amides is 1. The van der Waals surface area contributed by atoms with Crippen LogP contribution in [-0.4, -0.2) is 60.6 Å². The number of hydrogen-bond acceptors (Lipinski definition) is 4. The van der Waals surface area contributed by atoms with E-state index in [1.54, 1.807) is 0 Å². The number of hydrogen-bond donors (Lipinski definition) is 1. The van der Waals surface area contributed by atoms with Gasteiger partial charge in [-0.25, -0.2) is 0 Å². The number of benzene rings is 1. The molecule has 0 radical (unpaired) electrons. The van der Waals surface area contributed by atoms with Crippen molar-refractivity contribution < 1.29 is 9.53 Å². The third kappa shape index (κ3) is 3.73. The van der Waals surface area contributed by atoms with Gasteiger partial charge in [-0.2, -0.15) is 0 Å². The Hall–Kier alpha value is -1.43. The first-order chi connectivity index (χ1) is 12.3. The predicted octanol–water partition coefficient (Wildman–Crippen LogP) is 1.76. The SMILES string of the molecule is O=C(CN1Cc2ccccc2C1)NCC1(N2CCOCC2)CCCC1. The molecule has 4 rings (SSSR count). The van der Waals surface area contributed by atoms with Crippen molar-refractivity contribution in [1.29, 1.82) is 0 Å². The van der Waals surface area contributed by atoms with Gasteiger partial charge in [0.15, 0.2) is 0 Å². The van der Waals surface area contributed by atoms with Crippen LogP contribution in [0.5, 0.6) is 0 Å². The molecule has 2 fully saturated rings. The molecule has 1 amide bonds. The van der Waals surface area contributed by atoms with Gasteiger partial charge in [0.05, 0.1) is 19.8 Å². The molecule has 0 unspecified atom stereocenters. The summed E-state index contributed by atoms with van der Waals surface area (Å²) in [4.78, 5) is 17.3. The summed E-state index contributed by atoms with van der Waals surface area (Å²) in [6.07, 6.45) is 4.94. The van der Waals surface area contributed by atoms with Crippen molar-refractivity contribution >= 4 is 5.91 Å². The van der Waals surface area contributed by atoms with Crippen molar-refractivity contribution in [3.63, 3.8) is 0 Å². The summed E-state index contributed by atoms with van der Waals surface area (Å²) < 4.78 is 5.51. The number of fused-ring (bicyclic) bond motifs is 1. The second-order valence-corrected chi connectivity index (χ2v) is 7.72. The largest absolute Gasteiger partial charge is 0.379 e. The summed E-state index contributed by atoms with van der Waals surface area (Å²) in [5, 5.41) is 3.25. The first-order valence-electron chi connectivity index (χ1n) is 9.64. The number of carbonyl (C=O) groups excluding carboxylic acids is 1. The Kier molecular flexibility index (Phi) is 5.06. The molecule has 0 bridgehead atoms. The molecule has 3 aliphatic rings. The molecule has 0 aromatic heterocycles. The van der Waals surface area contributed by atoms with Crippen LogP contribution in [-0.2, 0) is 22.6 Å². The van der Waals surface area contributed by atoms with Crippen LogP contribution in [0.1, 0.15) is 36.8 Å². The molecule has 1 saturated heterocycles. The van der Waals surface area contributed by atoms with Crippen LogP contribution < -0.4 is 5.32 Å². The van der Waals surface area contributed by atoms with Gasteiger partial charge >= 0.3 is 0 Å². The van der Waals surface area contributed by atoms with E-state index in [1.165, 1.54) is 36.8 Å². The monoisotopic (exact) mass is 343 g/mol. The van der Waals surface area contributed by atoms with Crippen LogP contribution in [0, 0.1) is 0 Å². The smallest absolute Gasteiger partial charge is 0.234 e. The zero-order valence-electron chi connectivity index (χ0n) is 15.0. The van der Waals surface area contributed by atoms with Gasteiger partial charge in [-0.3, -0.25) is 14.6 Å². The molecule has 1 aromatic rings. The van der Waals surface area contributed by atoms with E-state index in [9.17, 15) is 4.79 Å². The van der Waals surface area contributed by atoms with Gasteiger partial charge in [0.2, 0.25) is 5.91 Å². The Morgan fingerprint density at radius 2 is 1.72 bits per heavy atom. The lowest BCUT2D eigenvalue weighted by molar-refractivity contribution is -0.123. The lowest BCUT2D eigenvalue weighted by atomic mass is 9.94. The summed E-state index contributed by atoms with van der Waals surface area (Å²) >= 11 is 0. The number of nitrogens with one attached hydrogen (secondary N) is 1. The maximum atomic E-state index is 12.5. The van der Waals surface area contributed by atoms with Crippen molar-refractivity contribution in [2.75, 3.05) is 39.4 Å². The van der Waals surface area contributed by atoms with Crippen LogP contribution in [0.3, 0.4) is 0 Å². The Labute approximate surface area is 150 Å². The standard InChI is InChI=1S/C20H29N3O2/c24-19(15-22-13-17-5-1-2-6-18(17)14-22)21-16-20(7-3-4-8-20)23-9-11-25-12-10-23/h1-2,5-6H,3-4,7-16H2,(H,21,24). The van der Waals surface area contributed by atoms with Gasteiger partial charge < -0.3 is 10.1 Å². The predicted molar refractivity (Wildman–Crippen MR) is 97.2 cm³/mol. The number of morpholine rings is 1. The maximum absolute atomic E-state index is 12.5. The molecule has 1 saturated carbocycles.